The summed E-state index contributed by atoms with van der Waals surface area (Å²) in [6.45, 7) is 6.75. The molecule has 0 radical (unpaired) electrons. The lowest BCUT2D eigenvalue weighted by Crippen LogP contribution is -2.35. The van der Waals surface area contributed by atoms with Crippen LogP contribution in [0.4, 0.5) is 4.79 Å². The van der Waals surface area contributed by atoms with Crippen LogP contribution < -0.4 is 5.32 Å². The Morgan fingerprint density at radius 3 is 2.60 bits per heavy atom. The summed E-state index contributed by atoms with van der Waals surface area (Å²) in [5.74, 6) is 0.815. The van der Waals surface area contributed by atoms with Crippen LogP contribution >= 0.6 is 34.9 Å². The number of nitrogens with one attached hydrogen (secondary N) is 1. The molecular formula is C11H14N4O2S3. The summed E-state index contributed by atoms with van der Waals surface area (Å²) in [5.41, 5.74) is 1.08. The fraction of sp³-hybridized carbons (Fsp3) is 0.455. The first-order valence-corrected chi connectivity index (χ1v) is 8.66. The van der Waals surface area contributed by atoms with Crippen molar-refractivity contribution in [3.8, 4) is 0 Å². The molecule has 2 rings (SSSR count). The minimum Gasteiger partial charge on any atom is -0.336 e. The van der Waals surface area contributed by atoms with Gasteiger partial charge in [-0.15, -0.1) is 10.2 Å². The summed E-state index contributed by atoms with van der Waals surface area (Å²) in [7, 11) is 0. The van der Waals surface area contributed by atoms with Crippen molar-refractivity contribution in [3.05, 3.63) is 12.2 Å². The van der Waals surface area contributed by atoms with Gasteiger partial charge in [-0.25, -0.2) is 4.79 Å². The zero-order valence-electron chi connectivity index (χ0n) is 10.9. The Labute approximate surface area is 129 Å². The largest absolute Gasteiger partial charge is 0.336 e. The van der Waals surface area contributed by atoms with Crippen molar-refractivity contribution in [2.45, 2.75) is 15.6 Å². The highest BCUT2D eigenvalue weighted by atomic mass is 32.2. The summed E-state index contributed by atoms with van der Waals surface area (Å²) < 4.78 is 1.60. The van der Waals surface area contributed by atoms with Crippen molar-refractivity contribution in [2.75, 3.05) is 24.6 Å². The van der Waals surface area contributed by atoms with Crippen molar-refractivity contribution in [1.29, 1.82) is 0 Å². The second-order valence-corrected chi connectivity index (χ2v) is 7.57. The lowest BCUT2D eigenvalue weighted by Gasteiger charge is -2.10. The molecule has 108 valence electrons. The van der Waals surface area contributed by atoms with Crippen molar-refractivity contribution in [1.82, 2.24) is 20.4 Å². The average molecular weight is 330 g/mol. The normalized spacial score (nSPS) is 14.4. The maximum atomic E-state index is 11.8. The van der Waals surface area contributed by atoms with Crippen LogP contribution in [0.25, 0.3) is 0 Å². The Bertz CT molecular complexity index is 531. The second-order valence-electron chi connectivity index (χ2n) is 4.15. The number of carbonyl (C=O) groups is 2. The van der Waals surface area contributed by atoms with E-state index in [2.05, 4.69) is 22.1 Å². The van der Waals surface area contributed by atoms with E-state index in [1.807, 2.05) is 6.92 Å². The predicted octanol–water partition coefficient (Wildman–Crippen LogP) is 1.85. The number of amides is 3. The molecule has 1 aromatic heterocycles. The maximum Gasteiger partial charge on any atom is 0.324 e. The van der Waals surface area contributed by atoms with Crippen molar-refractivity contribution >= 4 is 46.8 Å². The van der Waals surface area contributed by atoms with Gasteiger partial charge in [0.25, 0.3) is 0 Å². The van der Waals surface area contributed by atoms with Gasteiger partial charge < -0.3 is 5.32 Å². The molecule has 0 aromatic carbocycles. The third-order valence-electron chi connectivity index (χ3n) is 2.31. The Kier molecular flexibility index (Phi) is 5.44. The molecule has 9 heteroatoms. The number of thioether (sulfide) groups is 2. The van der Waals surface area contributed by atoms with Crippen molar-refractivity contribution in [3.63, 3.8) is 0 Å². The Morgan fingerprint density at radius 1 is 1.40 bits per heavy atom. The molecule has 1 aliphatic rings. The van der Waals surface area contributed by atoms with E-state index in [0.717, 1.165) is 20.0 Å². The number of hydrogen-bond donors (Lipinski definition) is 1. The first-order chi connectivity index (χ1) is 9.56. The van der Waals surface area contributed by atoms with Gasteiger partial charge in [0.1, 0.15) is 0 Å². The van der Waals surface area contributed by atoms with Crippen LogP contribution in [-0.2, 0) is 4.79 Å². The standard InChI is InChI=1S/C11H14N4O2S3/c1-7(2)5-18-10-13-14-11(20-10)19-6-8(16)15-4-3-12-9(15)17/h1,3-6H2,2H3,(H,12,17). The molecule has 1 fully saturated rings. The molecule has 20 heavy (non-hydrogen) atoms. The van der Waals surface area contributed by atoms with Gasteiger partial charge >= 0.3 is 6.03 Å². The number of carbonyl (C=O) groups excluding carboxylic acids is 2. The van der Waals surface area contributed by atoms with Gasteiger partial charge in [0, 0.05) is 18.8 Å². The highest BCUT2D eigenvalue weighted by Gasteiger charge is 2.26. The first kappa shape index (κ1) is 15.3. The molecule has 3 amide bonds. The molecule has 1 aromatic rings. The maximum absolute atomic E-state index is 11.8. The van der Waals surface area contributed by atoms with Gasteiger partial charge in [0.05, 0.1) is 5.75 Å². The van der Waals surface area contributed by atoms with Crippen LogP contribution in [0.3, 0.4) is 0 Å². The topological polar surface area (TPSA) is 75.2 Å². The van der Waals surface area contributed by atoms with Crippen LogP contribution in [0.1, 0.15) is 6.92 Å². The molecule has 1 N–H and O–H groups in total. The fourth-order valence-corrected chi connectivity index (χ4v) is 4.15. The monoisotopic (exact) mass is 330 g/mol. The quantitative estimate of drug-likeness (QED) is 0.634. The first-order valence-electron chi connectivity index (χ1n) is 5.88. The molecule has 2 heterocycles. The van der Waals surface area contributed by atoms with E-state index in [4.69, 9.17) is 0 Å². The number of rotatable bonds is 6. The number of aromatic nitrogens is 2. The van der Waals surface area contributed by atoms with Crippen LogP contribution in [0.2, 0.25) is 0 Å². The summed E-state index contributed by atoms with van der Waals surface area (Å²) in [4.78, 5) is 24.4. The van der Waals surface area contributed by atoms with Gasteiger partial charge in [-0.2, -0.15) is 0 Å². The number of hydrogen-bond acceptors (Lipinski definition) is 7. The van der Waals surface area contributed by atoms with Crippen LogP contribution in [-0.4, -0.2) is 51.6 Å². The number of imide groups is 1. The molecule has 0 spiro atoms. The van der Waals surface area contributed by atoms with Crippen molar-refractivity contribution < 1.29 is 9.59 Å². The van der Waals surface area contributed by atoms with Gasteiger partial charge in [0.2, 0.25) is 5.91 Å². The molecule has 0 atom stereocenters. The van der Waals surface area contributed by atoms with Crippen molar-refractivity contribution in [2.24, 2.45) is 0 Å². The zero-order chi connectivity index (χ0) is 14.5. The van der Waals surface area contributed by atoms with Gasteiger partial charge in [-0.1, -0.05) is 47.0 Å². The molecule has 0 bridgehead atoms. The highest BCUT2D eigenvalue weighted by molar-refractivity contribution is 8.03. The third kappa shape index (κ3) is 4.22. The van der Waals surface area contributed by atoms with Crippen LogP contribution in [0.15, 0.2) is 20.8 Å². The van der Waals surface area contributed by atoms with E-state index in [1.54, 1.807) is 11.8 Å². The van der Waals surface area contributed by atoms with Crippen LogP contribution in [0, 0.1) is 0 Å². The summed E-state index contributed by atoms with van der Waals surface area (Å²) in [6.07, 6.45) is 0. The smallest absolute Gasteiger partial charge is 0.324 e. The third-order valence-corrected chi connectivity index (χ3v) is 5.71. The van der Waals surface area contributed by atoms with E-state index in [9.17, 15) is 9.59 Å². The number of nitrogens with zero attached hydrogens (tertiary/aromatic N) is 3. The van der Waals surface area contributed by atoms with E-state index in [-0.39, 0.29) is 17.7 Å². The summed E-state index contributed by atoms with van der Waals surface area (Å²) in [6, 6.07) is -0.314. The van der Waals surface area contributed by atoms with E-state index in [0.29, 0.717) is 13.1 Å². The molecule has 6 nitrogen and oxygen atoms in total. The molecule has 0 unspecified atom stereocenters. The Hall–Kier alpha value is -1.06. The SMILES string of the molecule is C=C(C)CSc1nnc(SCC(=O)N2CCNC2=O)s1. The molecule has 1 saturated heterocycles. The van der Waals surface area contributed by atoms with Crippen LogP contribution in [0.5, 0.6) is 0 Å². The summed E-state index contributed by atoms with van der Waals surface area (Å²) in [5, 5.41) is 10.7. The minimum absolute atomic E-state index is 0.198. The van der Waals surface area contributed by atoms with Gasteiger partial charge in [-0.3, -0.25) is 9.69 Å². The molecule has 1 aliphatic heterocycles. The Balaban J connectivity index is 1.80. The number of urea groups is 1. The zero-order valence-corrected chi connectivity index (χ0v) is 13.4. The highest BCUT2D eigenvalue weighted by Crippen LogP contribution is 2.29. The van der Waals surface area contributed by atoms with Gasteiger partial charge in [-0.05, 0) is 6.92 Å². The molecule has 0 aliphatic carbocycles. The summed E-state index contributed by atoms with van der Waals surface area (Å²) >= 11 is 4.34. The molecule has 0 saturated carbocycles. The van der Waals surface area contributed by atoms with E-state index in [1.165, 1.54) is 28.0 Å². The second kappa shape index (κ2) is 7.09. The van der Waals surface area contributed by atoms with E-state index < -0.39 is 0 Å². The van der Waals surface area contributed by atoms with Gasteiger partial charge in [0.15, 0.2) is 8.68 Å². The predicted molar refractivity (Wildman–Crippen MR) is 81.3 cm³/mol. The lowest BCUT2D eigenvalue weighted by atomic mass is 10.4. The fourth-order valence-electron chi connectivity index (χ4n) is 1.41. The molecular weight excluding hydrogens is 316 g/mol. The Morgan fingerprint density at radius 2 is 2.05 bits per heavy atom. The average Bonchev–Trinajstić information content (AvgIpc) is 3.02. The lowest BCUT2D eigenvalue weighted by molar-refractivity contribution is -0.124. The van der Waals surface area contributed by atoms with E-state index >= 15 is 0 Å². The minimum atomic E-state index is -0.314.